The molecule has 99 valence electrons. The molecule has 0 aliphatic heterocycles. The fraction of sp³-hybridized carbons (Fsp3) is 0.125. The van der Waals surface area contributed by atoms with Gasteiger partial charge in [-0.15, -0.1) is 0 Å². The van der Waals surface area contributed by atoms with E-state index in [0.29, 0.717) is 23.2 Å². The molecule has 2 aromatic rings. The third-order valence-electron chi connectivity index (χ3n) is 3.00. The number of nitriles is 1. The van der Waals surface area contributed by atoms with Crippen molar-refractivity contribution in [3.63, 3.8) is 0 Å². The predicted octanol–water partition coefficient (Wildman–Crippen LogP) is 2.61. The topological polar surface area (TPSA) is 57.0 Å². The first kappa shape index (κ1) is 13.8. The summed E-state index contributed by atoms with van der Waals surface area (Å²) >= 11 is 0. The molecule has 1 aromatic carbocycles. The number of amides is 1. The summed E-state index contributed by atoms with van der Waals surface area (Å²) in [5.74, 6) is -0.176. The summed E-state index contributed by atoms with van der Waals surface area (Å²) < 4.78 is 0. The number of aromatic nitrogens is 1. The van der Waals surface area contributed by atoms with Crippen molar-refractivity contribution in [3.05, 3.63) is 66.3 Å². The third kappa shape index (κ3) is 2.83. The number of pyridine rings is 1. The molecule has 1 aromatic heterocycles. The van der Waals surface area contributed by atoms with Gasteiger partial charge in [0.2, 0.25) is 0 Å². The average molecular weight is 264 g/mol. The molecule has 0 saturated carbocycles. The number of carbonyl (C=O) groups is 1. The highest BCUT2D eigenvalue weighted by molar-refractivity contribution is 6.05. The van der Waals surface area contributed by atoms with Crippen LogP contribution in [0.3, 0.4) is 0 Å². The van der Waals surface area contributed by atoms with Gasteiger partial charge in [-0.1, -0.05) is 6.07 Å². The quantitative estimate of drug-likeness (QED) is 0.856. The van der Waals surface area contributed by atoms with Crippen molar-refractivity contribution in [2.45, 2.75) is 6.42 Å². The Balaban J connectivity index is 2.30. The van der Waals surface area contributed by atoms with Crippen LogP contribution in [0.5, 0.6) is 0 Å². The Labute approximate surface area is 118 Å². The maximum absolute atomic E-state index is 12.4. The van der Waals surface area contributed by atoms with E-state index in [9.17, 15) is 4.79 Å². The van der Waals surface area contributed by atoms with Crippen LogP contribution in [0.1, 0.15) is 21.5 Å². The van der Waals surface area contributed by atoms with Gasteiger partial charge in [-0.25, -0.2) is 0 Å². The van der Waals surface area contributed by atoms with Crippen molar-refractivity contribution in [1.82, 2.24) is 4.98 Å². The number of anilines is 1. The van der Waals surface area contributed by atoms with E-state index in [-0.39, 0.29) is 5.91 Å². The number of rotatable bonds is 3. The minimum atomic E-state index is -0.176. The van der Waals surface area contributed by atoms with E-state index in [0.717, 1.165) is 5.56 Å². The molecule has 0 aliphatic rings. The third-order valence-corrected chi connectivity index (χ3v) is 3.00. The molecule has 2 rings (SSSR count). The molecule has 0 spiro atoms. The molecule has 1 radical (unpaired) electrons. The Bertz CT molecular complexity index is 673. The van der Waals surface area contributed by atoms with Crippen molar-refractivity contribution >= 4 is 11.6 Å². The van der Waals surface area contributed by atoms with Crippen LogP contribution in [0.15, 0.2) is 42.7 Å². The number of nitrogens with zero attached hydrogens (tertiary/aromatic N) is 3. The van der Waals surface area contributed by atoms with E-state index in [4.69, 9.17) is 5.26 Å². The van der Waals surface area contributed by atoms with Crippen molar-refractivity contribution in [2.24, 2.45) is 0 Å². The minimum absolute atomic E-state index is 0.176. The largest absolute Gasteiger partial charge is 0.310 e. The van der Waals surface area contributed by atoms with Crippen LogP contribution in [0.2, 0.25) is 0 Å². The summed E-state index contributed by atoms with van der Waals surface area (Å²) in [6.07, 6.45) is 3.98. The Hall–Kier alpha value is -2.67. The lowest BCUT2D eigenvalue weighted by Crippen LogP contribution is -2.26. The second-order valence-electron chi connectivity index (χ2n) is 4.36. The molecule has 0 saturated heterocycles. The molecule has 4 heteroatoms. The number of benzene rings is 1. The standard InChI is InChI=1S/C16H14N3O/c1-3-12-8-15(11-18-10-12)19(2)16(20)14-6-4-5-13(7-14)9-17/h4-8,10-11H,1,3H2,2H3. The molecule has 20 heavy (non-hydrogen) atoms. The second-order valence-corrected chi connectivity index (χ2v) is 4.36. The molecule has 0 bridgehead atoms. The van der Waals surface area contributed by atoms with Gasteiger partial charge >= 0.3 is 0 Å². The van der Waals surface area contributed by atoms with Crippen molar-refractivity contribution < 1.29 is 4.79 Å². The van der Waals surface area contributed by atoms with Crippen LogP contribution in [0.25, 0.3) is 0 Å². The Kier molecular flexibility index (Phi) is 4.11. The molecule has 4 nitrogen and oxygen atoms in total. The molecular weight excluding hydrogens is 250 g/mol. The Morgan fingerprint density at radius 1 is 1.40 bits per heavy atom. The van der Waals surface area contributed by atoms with E-state index in [2.05, 4.69) is 11.9 Å². The maximum Gasteiger partial charge on any atom is 0.258 e. The van der Waals surface area contributed by atoms with E-state index in [1.165, 1.54) is 4.90 Å². The number of hydrogen-bond acceptors (Lipinski definition) is 3. The van der Waals surface area contributed by atoms with E-state index in [1.54, 1.807) is 43.7 Å². The van der Waals surface area contributed by atoms with Gasteiger partial charge in [0, 0.05) is 18.8 Å². The summed E-state index contributed by atoms with van der Waals surface area (Å²) in [6, 6.07) is 10.5. The van der Waals surface area contributed by atoms with Crippen LogP contribution in [-0.2, 0) is 6.42 Å². The molecular formula is C16H14N3O. The van der Waals surface area contributed by atoms with Gasteiger partial charge in [0.1, 0.15) is 0 Å². The summed E-state index contributed by atoms with van der Waals surface area (Å²) in [5.41, 5.74) is 2.62. The first-order valence-electron chi connectivity index (χ1n) is 6.17. The van der Waals surface area contributed by atoms with E-state index in [1.807, 2.05) is 12.1 Å². The first-order valence-corrected chi connectivity index (χ1v) is 6.17. The van der Waals surface area contributed by atoms with E-state index < -0.39 is 0 Å². The zero-order valence-corrected chi connectivity index (χ0v) is 11.2. The van der Waals surface area contributed by atoms with Crippen molar-refractivity contribution in [2.75, 3.05) is 11.9 Å². The second kappa shape index (κ2) is 5.98. The number of hydrogen-bond donors (Lipinski definition) is 0. The van der Waals surface area contributed by atoms with Gasteiger partial charge < -0.3 is 4.90 Å². The monoisotopic (exact) mass is 264 g/mol. The predicted molar refractivity (Wildman–Crippen MR) is 77.2 cm³/mol. The van der Waals surface area contributed by atoms with Gasteiger partial charge in [-0.3, -0.25) is 9.78 Å². The highest BCUT2D eigenvalue weighted by Crippen LogP contribution is 2.16. The average Bonchev–Trinajstić information content (AvgIpc) is 2.53. The first-order chi connectivity index (χ1) is 9.65. The van der Waals surface area contributed by atoms with Crippen LogP contribution >= 0.6 is 0 Å². The summed E-state index contributed by atoms with van der Waals surface area (Å²) in [7, 11) is 1.69. The van der Waals surface area contributed by atoms with Crippen LogP contribution in [-0.4, -0.2) is 17.9 Å². The molecule has 1 amide bonds. The lowest BCUT2D eigenvalue weighted by molar-refractivity contribution is 0.0993. The van der Waals surface area contributed by atoms with Crippen molar-refractivity contribution in [1.29, 1.82) is 5.26 Å². The molecule has 0 atom stereocenters. The highest BCUT2D eigenvalue weighted by Gasteiger charge is 2.14. The SMILES string of the molecule is [CH2]Cc1cncc(N(C)C(=O)c2cccc(C#N)c2)c1. The molecule has 0 N–H and O–H groups in total. The van der Waals surface area contributed by atoms with Gasteiger partial charge in [0.15, 0.2) is 0 Å². The fourth-order valence-corrected chi connectivity index (χ4v) is 1.83. The summed E-state index contributed by atoms with van der Waals surface area (Å²) in [4.78, 5) is 18.0. The Morgan fingerprint density at radius 2 is 2.20 bits per heavy atom. The Morgan fingerprint density at radius 3 is 2.90 bits per heavy atom. The van der Waals surface area contributed by atoms with Crippen LogP contribution < -0.4 is 4.90 Å². The van der Waals surface area contributed by atoms with Gasteiger partial charge in [0.25, 0.3) is 5.91 Å². The molecule has 0 aliphatic carbocycles. The van der Waals surface area contributed by atoms with Crippen molar-refractivity contribution in [3.8, 4) is 6.07 Å². The van der Waals surface area contributed by atoms with E-state index >= 15 is 0 Å². The normalized spacial score (nSPS) is 9.85. The summed E-state index contributed by atoms with van der Waals surface area (Å²) in [6.45, 7) is 3.80. The van der Waals surface area contributed by atoms with Gasteiger partial charge in [0.05, 0.1) is 23.5 Å². The van der Waals surface area contributed by atoms with Crippen LogP contribution in [0, 0.1) is 18.3 Å². The molecule has 0 fully saturated rings. The molecule has 1 heterocycles. The van der Waals surface area contributed by atoms with Crippen LogP contribution in [0.4, 0.5) is 5.69 Å². The maximum atomic E-state index is 12.4. The number of carbonyl (C=O) groups excluding carboxylic acids is 1. The zero-order chi connectivity index (χ0) is 14.5. The summed E-state index contributed by atoms with van der Waals surface area (Å²) in [5, 5.41) is 8.88. The zero-order valence-electron chi connectivity index (χ0n) is 11.2. The lowest BCUT2D eigenvalue weighted by Gasteiger charge is -2.17. The van der Waals surface area contributed by atoms with Gasteiger partial charge in [-0.2, -0.15) is 5.26 Å². The lowest BCUT2D eigenvalue weighted by atomic mass is 10.1. The van der Waals surface area contributed by atoms with Gasteiger partial charge in [-0.05, 0) is 43.2 Å². The highest BCUT2D eigenvalue weighted by atomic mass is 16.2. The minimum Gasteiger partial charge on any atom is -0.310 e. The smallest absolute Gasteiger partial charge is 0.258 e. The molecule has 0 unspecified atom stereocenters. The fourth-order valence-electron chi connectivity index (χ4n) is 1.83.